The summed E-state index contributed by atoms with van der Waals surface area (Å²) < 4.78 is 0.810. The molecule has 3 rings (SSSR count). The van der Waals surface area contributed by atoms with Crippen molar-refractivity contribution in [3.05, 3.63) is 97.2 Å². The fraction of sp³-hybridized carbons (Fsp3) is 0.100. The fourth-order valence-corrected chi connectivity index (χ4v) is 3.99. The number of benzene rings is 2. The third-order valence-electron chi connectivity index (χ3n) is 3.84. The zero-order valence-electron chi connectivity index (χ0n) is 14.0. The first-order valence-electron chi connectivity index (χ1n) is 8.00. The molecule has 2 aromatic carbocycles. The summed E-state index contributed by atoms with van der Waals surface area (Å²) >= 11 is 21.9. The van der Waals surface area contributed by atoms with E-state index >= 15 is 0 Å². The third kappa shape index (κ3) is 5.45. The highest BCUT2D eigenvalue weighted by molar-refractivity contribution is 9.10. The Morgan fingerprint density at radius 2 is 1.67 bits per heavy atom. The molecule has 0 aliphatic rings. The average molecular weight is 485 g/mol. The summed E-state index contributed by atoms with van der Waals surface area (Å²) in [5.74, 6) is -0.188. The Balaban J connectivity index is 1.94. The molecule has 0 aliphatic heterocycles. The van der Waals surface area contributed by atoms with Gasteiger partial charge in [0.2, 0.25) is 0 Å². The number of nitrogens with zero attached hydrogens (tertiary/aromatic N) is 2. The molecule has 1 amide bonds. The minimum Gasteiger partial charge on any atom is -0.330 e. The van der Waals surface area contributed by atoms with E-state index in [1.54, 1.807) is 53.7 Å². The second-order valence-electron chi connectivity index (χ2n) is 5.92. The molecule has 0 bridgehead atoms. The summed E-state index contributed by atoms with van der Waals surface area (Å²) in [6.45, 7) is 0.712. The second kappa shape index (κ2) is 9.07. The Morgan fingerprint density at radius 1 is 0.963 bits per heavy atom. The van der Waals surface area contributed by atoms with Crippen LogP contribution in [0.2, 0.25) is 15.1 Å². The summed E-state index contributed by atoms with van der Waals surface area (Å²) in [7, 11) is 0. The van der Waals surface area contributed by atoms with Crippen LogP contribution < -0.4 is 0 Å². The van der Waals surface area contributed by atoms with Crippen molar-refractivity contribution in [1.82, 2.24) is 9.88 Å². The van der Waals surface area contributed by atoms with Crippen LogP contribution >= 0.6 is 50.7 Å². The van der Waals surface area contributed by atoms with Crippen LogP contribution in [0, 0.1) is 0 Å². The largest absolute Gasteiger partial charge is 0.330 e. The average Bonchev–Trinajstić information content (AvgIpc) is 2.61. The maximum Gasteiger partial charge on any atom is 0.255 e. The number of amides is 1. The van der Waals surface area contributed by atoms with Crippen molar-refractivity contribution < 1.29 is 4.79 Å². The van der Waals surface area contributed by atoms with Crippen molar-refractivity contribution in [3.8, 4) is 0 Å². The molecule has 7 heteroatoms. The van der Waals surface area contributed by atoms with E-state index in [1.165, 1.54) is 0 Å². The molecule has 0 radical (unpaired) electrons. The van der Waals surface area contributed by atoms with Crippen molar-refractivity contribution >= 4 is 56.6 Å². The van der Waals surface area contributed by atoms with E-state index < -0.39 is 0 Å². The van der Waals surface area contributed by atoms with E-state index in [-0.39, 0.29) is 5.91 Å². The van der Waals surface area contributed by atoms with Crippen LogP contribution in [0.4, 0.5) is 0 Å². The first-order chi connectivity index (χ1) is 12.9. The van der Waals surface area contributed by atoms with Crippen LogP contribution in [0.1, 0.15) is 21.5 Å². The summed E-state index contributed by atoms with van der Waals surface area (Å²) in [5, 5.41) is 1.43. The molecule has 1 heterocycles. The lowest BCUT2D eigenvalue weighted by Gasteiger charge is -2.24. The van der Waals surface area contributed by atoms with Crippen LogP contribution in [0.15, 0.2) is 65.4 Å². The van der Waals surface area contributed by atoms with E-state index in [9.17, 15) is 4.79 Å². The molecule has 138 valence electrons. The monoisotopic (exact) mass is 482 g/mol. The lowest BCUT2D eigenvalue weighted by atomic mass is 10.1. The molecular formula is C20H14BrCl3N2O. The van der Waals surface area contributed by atoms with Crippen LogP contribution in [0.5, 0.6) is 0 Å². The predicted octanol–water partition coefficient (Wildman–Crippen LogP) is 6.65. The molecule has 0 N–H and O–H groups in total. The number of carbonyl (C=O) groups excluding carboxylic acids is 1. The lowest BCUT2D eigenvalue weighted by molar-refractivity contribution is 0.0730. The summed E-state index contributed by atoms with van der Waals surface area (Å²) in [5.41, 5.74) is 2.17. The van der Waals surface area contributed by atoms with Gasteiger partial charge in [-0.2, -0.15) is 0 Å². The van der Waals surface area contributed by atoms with Crippen LogP contribution in [0.3, 0.4) is 0 Å². The maximum atomic E-state index is 13.2. The highest BCUT2D eigenvalue weighted by Gasteiger charge is 2.20. The molecule has 3 nitrogen and oxygen atoms in total. The van der Waals surface area contributed by atoms with E-state index in [0.717, 1.165) is 15.6 Å². The Labute approximate surface area is 181 Å². The normalized spacial score (nSPS) is 10.7. The molecule has 0 atom stereocenters. The van der Waals surface area contributed by atoms with Gasteiger partial charge in [0.15, 0.2) is 0 Å². The molecule has 27 heavy (non-hydrogen) atoms. The number of pyridine rings is 1. The number of hydrogen-bond donors (Lipinski definition) is 0. The number of aromatic nitrogens is 1. The van der Waals surface area contributed by atoms with Gasteiger partial charge in [0.25, 0.3) is 5.91 Å². The fourth-order valence-electron chi connectivity index (χ4n) is 2.67. The molecule has 0 spiro atoms. The molecule has 0 fully saturated rings. The molecule has 1 aromatic heterocycles. The summed E-state index contributed by atoms with van der Waals surface area (Å²) in [6.07, 6.45) is 3.42. The Bertz CT molecular complexity index is 946. The molecule has 0 saturated heterocycles. The quantitative estimate of drug-likeness (QED) is 0.406. The van der Waals surface area contributed by atoms with E-state index in [1.807, 2.05) is 12.1 Å². The molecule has 0 aliphatic carbocycles. The SMILES string of the molecule is O=C(c1ccc(Br)cc1Cl)N(Cc1cccnc1)Cc1cc(Cl)cc(Cl)c1. The summed E-state index contributed by atoms with van der Waals surface area (Å²) in [6, 6.07) is 14.2. The second-order valence-corrected chi connectivity index (χ2v) is 8.12. The minimum absolute atomic E-state index is 0.188. The highest BCUT2D eigenvalue weighted by Crippen LogP contribution is 2.25. The zero-order valence-corrected chi connectivity index (χ0v) is 17.9. The maximum absolute atomic E-state index is 13.2. The van der Waals surface area contributed by atoms with Gasteiger partial charge in [-0.1, -0.05) is 56.8 Å². The van der Waals surface area contributed by atoms with Gasteiger partial charge in [-0.3, -0.25) is 9.78 Å². The topological polar surface area (TPSA) is 33.2 Å². The Kier molecular flexibility index (Phi) is 6.77. The van der Waals surface area contributed by atoms with E-state index in [2.05, 4.69) is 20.9 Å². The number of rotatable bonds is 5. The lowest BCUT2D eigenvalue weighted by Crippen LogP contribution is -2.30. The molecule has 0 saturated carbocycles. The smallest absolute Gasteiger partial charge is 0.255 e. The number of carbonyl (C=O) groups is 1. The van der Waals surface area contributed by atoms with Crippen LogP contribution in [0.25, 0.3) is 0 Å². The van der Waals surface area contributed by atoms with E-state index in [4.69, 9.17) is 34.8 Å². The van der Waals surface area contributed by atoms with Crippen LogP contribution in [-0.2, 0) is 13.1 Å². The highest BCUT2D eigenvalue weighted by atomic mass is 79.9. The molecule has 3 aromatic rings. The first-order valence-corrected chi connectivity index (χ1v) is 9.93. The van der Waals surface area contributed by atoms with Gasteiger partial charge >= 0.3 is 0 Å². The van der Waals surface area contributed by atoms with Crippen molar-refractivity contribution in [1.29, 1.82) is 0 Å². The van der Waals surface area contributed by atoms with Gasteiger partial charge in [-0.15, -0.1) is 0 Å². The van der Waals surface area contributed by atoms with Gasteiger partial charge in [0.05, 0.1) is 10.6 Å². The van der Waals surface area contributed by atoms with Crippen molar-refractivity contribution in [2.75, 3.05) is 0 Å². The third-order valence-corrected chi connectivity index (χ3v) is 5.08. The predicted molar refractivity (Wildman–Crippen MR) is 113 cm³/mol. The molecular weight excluding hydrogens is 470 g/mol. The van der Waals surface area contributed by atoms with Crippen molar-refractivity contribution in [3.63, 3.8) is 0 Å². The number of halogens is 4. The summed E-state index contributed by atoms with van der Waals surface area (Å²) in [4.78, 5) is 19.0. The van der Waals surface area contributed by atoms with Crippen molar-refractivity contribution in [2.24, 2.45) is 0 Å². The van der Waals surface area contributed by atoms with E-state index in [0.29, 0.717) is 33.7 Å². The van der Waals surface area contributed by atoms with Gasteiger partial charge in [0.1, 0.15) is 0 Å². The van der Waals surface area contributed by atoms with Gasteiger partial charge in [-0.05, 0) is 53.6 Å². The van der Waals surface area contributed by atoms with Gasteiger partial charge in [-0.25, -0.2) is 0 Å². The van der Waals surface area contributed by atoms with Gasteiger partial charge < -0.3 is 4.90 Å². The minimum atomic E-state index is -0.188. The van der Waals surface area contributed by atoms with Gasteiger partial charge in [0, 0.05) is 40.0 Å². The van der Waals surface area contributed by atoms with Crippen molar-refractivity contribution in [2.45, 2.75) is 13.1 Å². The number of hydrogen-bond acceptors (Lipinski definition) is 2. The zero-order chi connectivity index (χ0) is 19.4. The standard InChI is InChI=1S/C20H14BrCl3N2O/c21-15-3-4-18(19(24)8-15)20(27)26(11-13-2-1-5-25-10-13)12-14-6-16(22)9-17(23)7-14/h1-10H,11-12H2. The molecule has 0 unspecified atom stereocenters. The van der Waals surface area contributed by atoms with Crippen LogP contribution in [-0.4, -0.2) is 15.8 Å². The Hall–Kier alpha value is -1.59. The first kappa shape index (κ1) is 20.2. The Morgan fingerprint density at radius 3 is 2.30 bits per heavy atom.